The van der Waals surface area contributed by atoms with Crippen LogP contribution in [0.5, 0.6) is 0 Å². The zero-order valence-electron chi connectivity index (χ0n) is 37.3. The lowest BCUT2D eigenvalue weighted by atomic mass is 9.98. The van der Waals surface area contributed by atoms with Gasteiger partial charge < -0.3 is 13.4 Å². The number of hydrogen-bond donors (Lipinski definition) is 0. The molecular formula is C63H36N4O2S. The predicted octanol–water partition coefficient (Wildman–Crippen LogP) is 17.5. The average molecular weight is 913 g/mol. The molecule has 0 atom stereocenters. The lowest BCUT2D eigenvalue weighted by Gasteiger charge is -2.10. The molecule has 0 bridgehead atoms. The molecule has 15 rings (SSSR count). The van der Waals surface area contributed by atoms with E-state index < -0.39 is 0 Å². The topological polar surface area (TPSA) is 69.9 Å². The van der Waals surface area contributed by atoms with E-state index in [1.54, 1.807) is 0 Å². The van der Waals surface area contributed by atoms with Crippen molar-refractivity contribution in [2.45, 2.75) is 0 Å². The van der Waals surface area contributed by atoms with Crippen molar-refractivity contribution >= 4 is 97.2 Å². The van der Waals surface area contributed by atoms with Crippen LogP contribution in [0.4, 0.5) is 0 Å². The summed E-state index contributed by atoms with van der Waals surface area (Å²) in [5.74, 6) is 1.66. The van der Waals surface area contributed by atoms with Gasteiger partial charge in [-0.3, -0.25) is 0 Å². The number of aromatic nitrogens is 4. The Labute approximate surface area is 404 Å². The molecule has 0 radical (unpaired) electrons. The van der Waals surface area contributed by atoms with Crippen molar-refractivity contribution in [3.8, 4) is 62.1 Å². The van der Waals surface area contributed by atoms with Gasteiger partial charge in [-0.05, 0) is 89.0 Å². The lowest BCUT2D eigenvalue weighted by molar-refractivity contribution is 0.668. The van der Waals surface area contributed by atoms with Crippen LogP contribution in [-0.2, 0) is 0 Å². The van der Waals surface area contributed by atoms with Gasteiger partial charge in [0.15, 0.2) is 17.5 Å². The van der Waals surface area contributed by atoms with Crippen molar-refractivity contribution in [3.05, 3.63) is 218 Å². The first-order valence-electron chi connectivity index (χ1n) is 23.4. The number of furan rings is 2. The summed E-state index contributed by atoms with van der Waals surface area (Å²) in [5, 5.41) is 8.98. The summed E-state index contributed by atoms with van der Waals surface area (Å²) in [6.07, 6.45) is 0. The molecule has 5 heterocycles. The smallest absolute Gasteiger partial charge is 0.167 e. The van der Waals surface area contributed by atoms with E-state index in [0.29, 0.717) is 17.5 Å². The second kappa shape index (κ2) is 15.2. The first kappa shape index (κ1) is 38.9. The molecule has 0 aliphatic rings. The average Bonchev–Trinajstić information content (AvgIpc) is 4.19. The summed E-state index contributed by atoms with van der Waals surface area (Å²) in [6, 6.07) is 76.9. The van der Waals surface area contributed by atoms with Crippen molar-refractivity contribution in [1.82, 2.24) is 19.5 Å². The Morgan fingerprint density at radius 1 is 0.343 bits per heavy atom. The van der Waals surface area contributed by atoms with Crippen LogP contribution < -0.4 is 0 Å². The highest BCUT2D eigenvalue weighted by Gasteiger charge is 2.22. The van der Waals surface area contributed by atoms with E-state index in [1.807, 2.05) is 84.1 Å². The fraction of sp³-hybridized carbons (Fsp3) is 0. The SMILES string of the molecule is c1ccc(-c2nc(-c3cccc4c3oc3ccccc34)nc(-c3cccc4oc5ccc(-c6ccc7c(c6)c6ccc(-c8cccc9c8sc8ccccc89)cc6n7-c6ccccc6)cc5c34)n2)cc1. The molecule has 15 aromatic rings. The Kier molecular flexibility index (Phi) is 8.43. The summed E-state index contributed by atoms with van der Waals surface area (Å²) in [5.41, 5.74) is 13.7. The first-order valence-corrected chi connectivity index (χ1v) is 24.2. The molecule has 0 N–H and O–H groups in total. The largest absolute Gasteiger partial charge is 0.456 e. The van der Waals surface area contributed by atoms with E-state index in [9.17, 15) is 0 Å². The monoisotopic (exact) mass is 912 g/mol. The van der Waals surface area contributed by atoms with Crippen LogP contribution >= 0.6 is 11.3 Å². The molecule has 0 unspecified atom stereocenters. The third-order valence-corrected chi connectivity index (χ3v) is 15.1. The predicted molar refractivity (Wildman–Crippen MR) is 289 cm³/mol. The van der Waals surface area contributed by atoms with Gasteiger partial charge in [-0.1, -0.05) is 152 Å². The van der Waals surface area contributed by atoms with Gasteiger partial charge in [-0.2, -0.15) is 0 Å². The minimum atomic E-state index is 0.534. The highest BCUT2D eigenvalue weighted by molar-refractivity contribution is 7.26. The van der Waals surface area contributed by atoms with Gasteiger partial charge in [0.25, 0.3) is 0 Å². The summed E-state index contributed by atoms with van der Waals surface area (Å²) < 4.78 is 18.1. The Morgan fingerprint density at radius 3 is 1.84 bits per heavy atom. The van der Waals surface area contributed by atoms with Crippen LogP contribution in [-0.4, -0.2) is 19.5 Å². The van der Waals surface area contributed by atoms with Gasteiger partial charge >= 0.3 is 0 Å². The molecule has 326 valence electrons. The van der Waals surface area contributed by atoms with Crippen LogP contribution in [0.2, 0.25) is 0 Å². The molecule has 0 saturated heterocycles. The van der Waals surface area contributed by atoms with Gasteiger partial charge in [0.2, 0.25) is 0 Å². The zero-order valence-corrected chi connectivity index (χ0v) is 38.1. The molecule has 0 spiro atoms. The third-order valence-electron chi connectivity index (χ3n) is 13.9. The Morgan fingerprint density at radius 2 is 0.971 bits per heavy atom. The fourth-order valence-electron chi connectivity index (χ4n) is 10.6. The minimum absolute atomic E-state index is 0.534. The Hall–Kier alpha value is -9.17. The molecular weight excluding hydrogens is 877 g/mol. The fourth-order valence-corrected chi connectivity index (χ4v) is 11.9. The molecule has 7 heteroatoms. The highest BCUT2D eigenvalue weighted by Crippen LogP contribution is 2.44. The maximum absolute atomic E-state index is 6.61. The maximum Gasteiger partial charge on any atom is 0.167 e. The zero-order chi connectivity index (χ0) is 45.9. The van der Waals surface area contributed by atoms with Crippen LogP contribution in [0.3, 0.4) is 0 Å². The molecule has 0 fully saturated rings. The van der Waals surface area contributed by atoms with Gasteiger partial charge in [0.05, 0.1) is 16.6 Å². The minimum Gasteiger partial charge on any atom is -0.456 e. The summed E-state index contributed by atoms with van der Waals surface area (Å²) in [6.45, 7) is 0. The van der Waals surface area contributed by atoms with Crippen LogP contribution in [0.15, 0.2) is 227 Å². The van der Waals surface area contributed by atoms with E-state index in [1.165, 1.54) is 42.1 Å². The van der Waals surface area contributed by atoms with Crippen molar-refractivity contribution in [1.29, 1.82) is 0 Å². The summed E-state index contributed by atoms with van der Waals surface area (Å²) in [4.78, 5) is 15.5. The quantitative estimate of drug-likeness (QED) is 0.166. The van der Waals surface area contributed by atoms with E-state index in [2.05, 4.69) is 150 Å². The number of rotatable bonds is 6. The van der Waals surface area contributed by atoms with Gasteiger partial charge in [-0.25, -0.2) is 15.0 Å². The normalized spacial score (nSPS) is 12.0. The second-order valence-corrected chi connectivity index (χ2v) is 18.9. The van der Waals surface area contributed by atoms with Gasteiger partial charge in [-0.15, -0.1) is 11.3 Å². The third kappa shape index (κ3) is 5.95. The van der Waals surface area contributed by atoms with E-state index >= 15 is 0 Å². The second-order valence-electron chi connectivity index (χ2n) is 17.9. The highest BCUT2D eigenvalue weighted by atomic mass is 32.1. The number of nitrogens with zero attached hydrogens (tertiary/aromatic N) is 4. The molecule has 5 aromatic heterocycles. The van der Waals surface area contributed by atoms with Crippen LogP contribution in [0.1, 0.15) is 0 Å². The lowest BCUT2D eigenvalue weighted by Crippen LogP contribution is -2.00. The summed E-state index contributed by atoms with van der Waals surface area (Å²) in [7, 11) is 0. The standard InChI is InChI=1S/C63H36N4O2S/c1-3-14-37(15-4-1)61-64-62(66-63(65-61)49-24-12-21-46-44-18-7-9-25-54(44)69-59(46)49)48-23-13-26-56-58(48)51-35-39(30-33-55(51)68-56)38-29-32-52-50(34-38)43-31-28-40(36-53(43)67(52)41-16-5-2-6-17-41)42-20-11-22-47-45-19-8-10-27-57(45)70-60(42)47/h1-36H. The number of fused-ring (bicyclic) bond motifs is 12. The number of hydrogen-bond acceptors (Lipinski definition) is 6. The molecule has 0 aliphatic carbocycles. The van der Waals surface area contributed by atoms with Crippen molar-refractivity contribution in [3.63, 3.8) is 0 Å². The van der Waals surface area contributed by atoms with E-state index in [-0.39, 0.29) is 0 Å². The number of benzene rings is 10. The molecule has 0 aliphatic heterocycles. The molecule has 6 nitrogen and oxygen atoms in total. The van der Waals surface area contributed by atoms with Crippen molar-refractivity contribution in [2.75, 3.05) is 0 Å². The first-order chi connectivity index (χ1) is 34.7. The van der Waals surface area contributed by atoms with Gasteiger partial charge in [0.1, 0.15) is 22.3 Å². The molecule has 0 saturated carbocycles. The summed E-state index contributed by atoms with van der Waals surface area (Å²) >= 11 is 1.87. The number of thiophene rings is 1. The number of para-hydroxylation sites is 3. The van der Waals surface area contributed by atoms with Crippen LogP contribution in [0, 0.1) is 0 Å². The Bertz CT molecular complexity index is 4600. The molecule has 0 amide bonds. The van der Waals surface area contributed by atoms with E-state index in [0.717, 1.165) is 88.4 Å². The van der Waals surface area contributed by atoms with Crippen LogP contribution in [0.25, 0.3) is 148 Å². The van der Waals surface area contributed by atoms with E-state index in [4.69, 9.17) is 23.8 Å². The molecule has 10 aromatic carbocycles. The van der Waals surface area contributed by atoms with Crippen molar-refractivity contribution in [2.24, 2.45) is 0 Å². The van der Waals surface area contributed by atoms with Crippen molar-refractivity contribution < 1.29 is 8.83 Å². The van der Waals surface area contributed by atoms with Gasteiger partial charge in [0, 0.05) is 69.3 Å². The Balaban J connectivity index is 0.898. The maximum atomic E-state index is 6.61. The molecule has 70 heavy (non-hydrogen) atoms.